The summed E-state index contributed by atoms with van der Waals surface area (Å²) in [6.45, 7) is 5.38. The van der Waals surface area contributed by atoms with Crippen molar-refractivity contribution >= 4 is 17.8 Å². The van der Waals surface area contributed by atoms with E-state index in [2.05, 4.69) is 12.2 Å². The summed E-state index contributed by atoms with van der Waals surface area (Å²) < 4.78 is 5.55. The third-order valence-corrected chi connectivity index (χ3v) is 6.98. The van der Waals surface area contributed by atoms with Crippen molar-refractivity contribution in [2.24, 2.45) is 35.5 Å². The summed E-state index contributed by atoms with van der Waals surface area (Å²) in [6.07, 6.45) is 5.39. The molecule has 2 amide bonds. The molecule has 27 heavy (non-hydrogen) atoms. The van der Waals surface area contributed by atoms with Gasteiger partial charge in [-0.15, -0.1) is 0 Å². The van der Waals surface area contributed by atoms with Gasteiger partial charge in [-0.3, -0.25) is 14.5 Å². The summed E-state index contributed by atoms with van der Waals surface area (Å²) in [7, 11) is 0. The van der Waals surface area contributed by atoms with E-state index in [1.54, 1.807) is 13.0 Å². The van der Waals surface area contributed by atoms with Crippen LogP contribution < -0.4 is 4.74 Å². The van der Waals surface area contributed by atoms with Crippen molar-refractivity contribution in [3.8, 4) is 5.75 Å². The molecule has 6 rings (SSSR count). The van der Waals surface area contributed by atoms with Crippen molar-refractivity contribution < 1.29 is 19.1 Å². The Bertz CT molecular complexity index is 868. The Labute approximate surface area is 158 Å². The molecule has 0 aromatic heterocycles. The van der Waals surface area contributed by atoms with Crippen LogP contribution in [0, 0.1) is 49.4 Å². The van der Waals surface area contributed by atoms with Crippen LogP contribution in [0.5, 0.6) is 5.75 Å². The topological polar surface area (TPSA) is 63.7 Å². The number of hydrogen-bond acceptors (Lipinski definition) is 4. The highest BCUT2D eigenvalue weighted by Gasteiger charge is 2.67. The molecule has 4 aliphatic carbocycles. The van der Waals surface area contributed by atoms with E-state index in [4.69, 9.17) is 4.74 Å². The van der Waals surface area contributed by atoms with Crippen molar-refractivity contribution in [3.63, 3.8) is 0 Å². The third kappa shape index (κ3) is 2.27. The van der Waals surface area contributed by atoms with E-state index in [-0.39, 0.29) is 35.5 Å². The number of hydrogen-bond donors (Lipinski definition) is 0. The van der Waals surface area contributed by atoms with Gasteiger partial charge in [0.15, 0.2) is 0 Å². The number of rotatable bonds is 3. The van der Waals surface area contributed by atoms with Gasteiger partial charge in [-0.1, -0.05) is 24.3 Å². The van der Waals surface area contributed by atoms with Crippen LogP contribution in [-0.2, 0) is 14.4 Å². The van der Waals surface area contributed by atoms with Gasteiger partial charge in [-0.05, 0) is 68.1 Å². The summed E-state index contributed by atoms with van der Waals surface area (Å²) in [5.74, 6) is 0.383. The summed E-state index contributed by atoms with van der Waals surface area (Å²) >= 11 is 0. The molecule has 1 saturated heterocycles. The maximum atomic E-state index is 13.1. The maximum Gasteiger partial charge on any atom is 0.334 e. The first-order valence-electron chi connectivity index (χ1n) is 9.72. The van der Waals surface area contributed by atoms with E-state index in [0.717, 1.165) is 17.5 Å². The molecule has 2 saturated carbocycles. The number of allylic oxidation sites excluding steroid dienone is 2. The fourth-order valence-electron chi connectivity index (χ4n) is 5.48. The van der Waals surface area contributed by atoms with Crippen LogP contribution in [-0.4, -0.2) is 28.7 Å². The number of carbonyl (C=O) groups is 3. The van der Waals surface area contributed by atoms with Gasteiger partial charge in [0.2, 0.25) is 11.8 Å². The van der Waals surface area contributed by atoms with Crippen LogP contribution in [0.3, 0.4) is 0 Å². The third-order valence-electron chi connectivity index (χ3n) is 6.98. The van der Waals surface area contributed by atoms with Gasteiger partial charge in [0.25, 0.3) is 0 Å². The number of nitrogens with zero attached hydrogens (tertiary/aromatic N) is 1. The fourth-order valence-corrected chi connectivity index (χ4v) is 5.48. The molecule has 0 unspecified atom stereocenters. The van der Waals surface area contributed by atoms with Crippen LogP contribution in [0.25, 0.3) is 0 Å². The average molecular weight is 365 g/mol. The van der Waals surface area contributed by atoms with E-state index < -0.39 is 12.0 Å². The molecule has 1 aromatic carbocycles. The molecular formula is C22H23NO4. The summed E-state index contributed by atoms with van der Waals surface area (Å²) in [4.78, 5) is 40.1. The number of imide groups is 1. The van der Waals surface area contributed by atoms with Crippen molar-refractivity contribution in [1.29, 1.82) is 0 Å². The number of carbonyl (C=O) groups excluding carboxylic acids is 3. The Hall–Kier alpha value is -2.43. The normalized spacial score (nSPS) is 36.5. The van der Waals surface area contributed by atoms with E-state index in [9.17, 15) is 14.4 Å². The number of likely N-dealkylation sites (tertiary alicyclic amines) is 1. The van der Waals surface area contributed by atoms with Gasteiger partial charge in [-0.2, -0.15) is 0 Å². The molecule has 140 valence electrons. The number of ether oxygens (including phenoxy) is 1. The predicted molar refractivity (Wildman–Crippen MR) is 97.6 cm³/mol. The Balaban J connectivity index is 1.39. The van der Waals surface area contributed by atoms with Crippen LogP contribution in [0.2, 0.25) is 0 Å². The maximum absolute atomic E-state index is 13.1. The molecule has 1 aliphatic heterocycles. The highest BCUT2D eigenvalue weighted by Crippen LogP contribution is 2.65. The Kier molecular flexibility index (Phi) is 3.43. The molecule has 2 bridgehead atoms. The smallest absolute Gasteiger partial charge is 0.334 e. The quantitative estimate of drug-likeness (QED) is 0.358. The minimum absolute atomic E-state index is 0.161. The van der Waals surface area contributed by atoms with Gasteiger partial charge in [0, 0.05) is 0 Å². The molecule has 0 radical (unpaired) electrons. The highest BCUT2D eigenvalue weighted by molar-refractivity contribution is 6.08. The predicted octanol–water partition coefficient (Wildman–Crippen LogP) is 2.65. The van der Waals surface area contributed by atoms with Crippen molar-refractivity contribution in [2.45, 2.75) is 33.2 Å². The minimum Gasteiger partial charge on any atom is -0.425 e. The van der Waals surface area contributed by atoms with Crippen molar-refractivity contribution in [2.75, 3.05) is 0 Å². The molecular weight excluding hydrogens is 342 g/mol. The minimum atomic E-state index is -0.911. The molecule has 5 aliphatic rings. The standard InChI is InChI=1S/C22H23NO4/c1-10-4-5-11(2)17(8-10)27-22(26)12(3)23-20(24)18-13-6-7-14(16-9-15(13)16)19(18)21(23)25/h4-8,12-16,18-19H,9H2,1-3H3/t12-,13-,14-,15-,16-,18-,19+/m0/s1. The number of esters is 1. The lowest BCUT2D eigenvalue weighted by molar-refractivity contribution is -0.152. The second-order valence-corrected chi connectivity index (χ2v) is 8.57. The van der Waals surface area contributed by atoms with E-state index in [0.29, 0.717) is 17.6 Å². The molecule has 0 spiro atoms. The van der Waals surface area contributed by atoms with Crippen molar-refractivity contribution in [1.82, 2.24) is 4.90 Å². The highest BCUT2D eigenvalue weighted by atomic mass is 16.5. The number of benzene rings is 1. The zero-order valence-corrected chi connectivity index (χ0v) is 15.7. The van der Waals surface area contributed by atoms with Crippen LogP contribution >= 0.6 is 0 Å². The van der Waals surface area contributed by atoms with Crippen LogP contribution in [0.4, 0.5) is 0 Å². The summed E-state index contributed by atoms with van der Waals surface area (Å²) in [6, 6.07) is 4.72. The van der Waals surface area contributed by atoms with E-state index in [1.807, 2.05) is 26.0 Å². The lowest BCUT2D eigenvalue weighted by Crippen LogP contribution is -2.45. The van der Waals surface area contributed by atoms with E-state index in [1.165, 1.54) is 4.90 Å². The second-order valence-electron chi connectivity index (χ2n) is 8.57. The lowest BCUT2D eigenvalue weighted by atomic mass is 9.63. The van der Waals surface area contributed by atoms with Gasteiger partial charge >= 0.3 is 5.97 Å². The molecule has 3 fully saturated rings. The monoisotopic (exact) mass is 365 g/mol. The number of amides is 2. The molecule has 7 atom stereocenters. The van der Waals surface area contributed by atoms with E-state index >= 15 is 0 Å². The largest absolute Gasteiger partial charge is 0.425 e. The first-order chi connectivity index (χ1) is 12.9. The fraction of sp³-hybridized carbons (Fsp3) is 0.500. The molecule has 5 heteroatoms. The second kappa shape index (κ2) is 5.54. The van der Waals surface area contributed by atoms with Gasteiger partial charge in [0.1, 0.15) is 11.8 Å². The Morgan fingerprint density at radius 1 is 1.07 bits per heavy atom. The summed E-state index contributed by atoms with van der Waals surface area (Å²) in [5, 5.41) is 0. The first-order valence-corrected chi connectivity index (χ1v) is 9.72. The lowest BCUT2D eigenvalue weighted by Gasteiger charge is -2.37. The van der Waals surface area contributed by atoms with Crippen LogP contribution in [0.15, 0.2) is 30.4 Å². The molecule has 5 nitrogen and oxygen atoms in total. The Morgan fingerprint density at radius 3 is 2.26 bits per heavy atom. The zero-order chi connectivity index (χ0) is 19.0. The summed E-state index contributed by atoms with van der Waals surface area (Å²) in [5.41, 5.74) is 1.83. The Morgan fingerprint density at radius 2 is 1.67 bits per heavy atom. The number of aryl methyl sites for hydroxylation is 2. The van der Waals surface area contributed by atoms with Crippen molar-refractivity contribution in [3.05, 3.63) is 41.5 Å². The van der Waals surface area contributed by atoms with Gasteiger partial charge in [-0.25, -0.2) is 4.79 Å². The average Bonchev–Trinajstić information content (AvgIpc) is 3.42. The first kappa shape index (κ1) is 16.7. The van der Waals surface area contributed by atoms with Gasteiger partial charge < -0.3 is 4.74 Å². The molecule has 0 N–H and O–H groups in total. The van der Waals surface area contributed by atoms with Crippen LogP contribution in [0.1, 0.15) is 24.5 Å². The zero-order valence-electron chi connectivity index (χ0n) is 15.7. The van der Waals surface area contributed by atoms with Gasteiger partial charge in [0.05, 0.1) is 11.8 Å². The molecule has 1 aromatic rings. The molecule has 1 heterocycles. The SMILES string of the molecule is Cc1ccc(C)c(OC(=O)[C@H](C)N2C(=O)[C@@H]3[C@H]4C=C[C@@H]([C@@H]5C[C@@H]45)[C@@H]3C2=O)c1.